The predicted molar refractivity (Wildman–Crippen MR) is 148 cm³/mol. The van der Waals surface area contributed by atoms with Crippen LogP contribution in [0, 0.1) is 0 Å². The summed E-state index contributed by atoms with van der Waals surface area (Å²) in [6, 6.07) is 14.1. The van der Waals surface area contributed by atoms with Crippen molar-refractivity contribution in [2.45, 2.75) is 32.0 Å². The summed E-state index contributed by atoms with van der Waals surface area (Å²) in [5.74, 6) is 0.827. The van der Waals surface area contributed by atoms with E-state index in [1.54, 1.807) is 42.8 Å². The summed E-state index contributed by atoms with van der Waals surface area (Å²) in [7, 11) is 2.13. The molecule has 0 radical (unpaired) electrons. The second kappa shape index (κ2) is 8.93. The summed E-state index contributed by atoms with van der Waals surface area (Å²) < 4.78 is 5.50. The zero-order valence-corrected chi connectivity index (χ0v) is 21.7. The molecule has 1 aliphatic heterocycles. The van der Waals surface area contributed by atoms with E-state index in [1.807, 2.05) is 6.07 Å². The van der Waals surface area contributed by atoms with Crippen LogP contribution in [0.1, 0.15) is 25.6 Å². The molecule has 10 nitrogen and oxygen atoms in total. The van der Waals surface area contributed by atoms with Gasteiger partial charge in [0.2, 0.25) is 5.95 Å². The van der Waals surface area contributed by atoms with Crippen molar-refractivity contribution < 1.29 is 5.11 Å². The van der Waals surface area contributed by atoms with E-state index in [2.05, 4.69) is 62.8 Å². The van der Waals surface area contributed by atoms with Crippen LogP contribution in [0.2, 0.25) is 0 Å². The molecule has 10 heteroatoms. The molecule has 0 spiro atoms. The Morgan fingerprint density at radius 1 is 1.18 bits per heavy atom. The zero-order valence-electron chi connectivity index (χ0n) is 21.7. The first kappa shape index (κ1) is 24.1. The van der Waals surface area contributed by atoms with Gasteiger partial charge in [-0.1, -0.05) is 12.1 Å². The normalized spacial score (nSPS) is 14.7. The number of aromatic nitrogens is 6. The van der Waals surface area contributed by atoms with Crippen molar-refractivity contribution in [2.75, 3.05) is 25.5 Å². The molecule has 0 unspecified atom stereocenters. The summed E-state index contributed by atoms with van der Waals surface area (Å²) in [6.45, 7) is 9.51. The average Bonchev–Trinajstić information content (AvgIpc) is 3.40. The molecule has 1 aliphatic rings. The average molecular weight is 511 g/mol. The summed E-state index contributed by atoms with van der Waals surface area (Å²) in [6.07, 6.45) is 5.32. The van der Waals surface area contributed by atoms with Gasteiger partial charge in [-0.25, -0.2) is 19.3 Å². The van der Waals surface area contributed by atoms with Crippen LogP contribution in [0.3, 0.4) is 0 Å². The van der Waals surface area contributed by atoms with Crippen LogP contribution in [0.15, 0.2) is 72.3 Å². The summed E-state index contributed by atoms with van der Waals surface area (Å²) >= 11 is 0. The van der Waals surface area contributed by atoms with Crippen LogP contribution in [0.25, 0.3) is 27.8 Å². The minimum absolute atomic E-state index is 0.244. The van der Waals surface area contributed by atoms with Crippen LogP contribution in [-0.2, 0) is 12.1 Å². The fourth-order valence-electron chi connectivity index (χ4n) is 5.02. The third-order valence-electron chi connectivity index (χ3n) is 6.97. The van der Waals surface area contributed by atoms with Crippen molar-refractivity contribution in [3.63, 3.8) is 0 Å². The molecule has 4 aromatic heterocycles. The van der Waals surface area contributed by atoms with E-state index in [0.29, 0.717) is 34.5 Å². The first-order valence-corrected chi connectivity index (χ1v) is 12.6. The molecular formula is C28H30N8O2. The largest absolute Gasteiger partial charge is 0.384 e. The number of pyridine rings is 1. The maximum absolute atomic E-state index is 13.2. The van der Waals surface area contributed by atoms with Crippen LogP contribution >= 0.6 is 0 Å². The van der Waals surface area contributed by atoms with Crippen molar-refractivity contribution in [3.8, 4) is 5.82 Å². The Kier molecular flexibility index (Phi) is 5.66. The molecule has 5 heterocycles. The number of likely N-dealkylation sites (tertiary alicyclic amines) is 1. The van der Waals surface area contributed by atoms with Crippen LogP contribution in [0.5, 0.6) is 0 Å². The standard InChI is InChI=1S/C28H30N8O2/c1-5-12-35-26(37)21-15-29-27(32-25(21)36(35)24-8-6-7-23(31-24)28(2,3)38)30-19-9-10-22-18(14-19)11-13-34(22)20-16-33(4)17-20/h5-11,13-15,20,38H,1,12,16-17H2,2-4H3,(H,29,30,32). The molecule has 1 aromatic carbocycles. The second-order valence-corrected chi connectivity index (χ2v) is 10.4. The SMILES string of the molecule is C=CCn1c(=O)c2cnc(Nc3ccc4c(ccn4C4CN(C)C4)c3)nc2n1-c1cccc(C(C)(C)O)n1. The summed E-state index contributed by atoms with van der Waals surface area (Å²) in [5.41, 5.74) is 1.55. The third kappa shape index (κ3) is 4.07. The van der Waals surface area contributed by atoms with E-state index in [9.17, 15) is 9.90 Å². The number of benzene rings is 1. The first-order chi connectivity index (χ1) is 18.2. The highest BCUT2D eigenvalue weighted by Crippen LogP contribution is 2.29. The lowest BCUT2D eigenvalue weighted by atomic mass is 10.1. The third-order valence-corrected chi connectivity index (χ3v) is 6.97. The molecule has 0 aliphatic carbocycles. The maximum Gasteiger partial charge on any atom is 0.278 e. The fraction of sp³-hybridized carbons (Fsp3) is 0.286. The molecule has 0 saturated carbocycles. The molecule has 194 valence electrons. The van der Waals surface area contributed by atoms with Gasteiger partial charge >= 0.3 is 0 Å². The molecule has 1 fully saturated rings. The van der Waals surface area contributed by atoms with E-state index >= 15 is 0 Å². The van der Waals surface area contributed by atoms with Gasteiger partial charge in [0, 0.05) is 42.1 Å². The minimum atomic E-state index is -1.14. The highest BCUT2D eigenvalue weighted by molar-refractivity contribution is 5.85. The Morgan fingerprint density at radius 3 is 2.74 bits per heavy atom. The Balaban J connectivity index is 1.40. The molecular weight excluding hydrogens is 480 g/mol. The Labute approximate surface area is 219 Å². The number of fused-ring (bicyclic) bond motifs is 2. The van der Waals surface area contributed by atoms with E-state index in [4.69, 9.17) is 4.98 Å². The van der Waals surface area contributed by atoms with Gasteiger partial charge in [0.25, 0.3) is 5.56 Å². The number of nitrogens with zero attached hydrogens (tertiary/aromatic N) is 7. The highest BCUT2D eigenvalue weighted by atomic mass is 16.3. The smallest absolute Gasteiger partial charge is 0.278 e. The van der Waals surface area contributed by atoms with Gasteiger partial charge in [-0.3, -0.25) is 4.79 Å². The quantitative estimate of drug-likeness (QED) is 0.323. The number of nitrogens with one attached hydrogen (secondary N) is 1. The fourth-order valence-corrected chi connectivity index (χ4v) is 5.02. The van der Waals surface area contributed by atoms with Gasteiger partial charge in [0.1, 0.15) is 11.0 Å². The Hall–Kier alpha value is -4.28. The maximum atomic E-state index is 13.2. The van der Waals surface area contributed by atoms with Gasteiger partial charge in [-0.15, -0.1) is 6.58 Å². The van der Waals surface area contributed by atoms with Crippen molar-refractivity contribution in [2.24, 2.45) is 0 Å². The van der Waals surface area contributed by atoms with Gasteiger partial charge in [-0.05, 0) is 57.3 Å². The number of hydrogen-bond acceptors (Lipinski definition) is 7. The molecule has 5 aromatic rings. The second-order valence-electron chi connectivity index (χ2n) is 10.4. The Bertz CT molecular complexity index is 1730. The molecule has 0 bridgehead atoms. The lowest BCUT2D eigenvalue weighted by Gasteiger charge is -2.37. The zero-order chi connectivity index (χ0) is 26.6. The minimum Gasteiger partial charge on any atom is -0.384 e. The molecule has 6 rings (SSSR count). The van der Waals surface area contributed by atoms with E-state index in [1.165, 1.54) is 16.4 Å². The first-order valence-electron chi connectivity index (χ1n) is 12.6. The molecule has 1 saturated heterocycles. The van der Waals surface area contributed by atoms with Crippen LogP contribution in [-0.4, -0.2) is 59.0 Å². The lowest BCUT2D eigenvalue weighted by Crippen LogP contribution is -2.44. The predicted octanol–water partition coefficient (Wildman–Crippen LogP) is 3.58. The van der Waals surface area contributed by atoms with Crippen molar-refractivity contribution in [1.29, 1.82) is 0 Å². The number of hydrogen-bond donors (Lipinski definition) is 2. The van der Waals surface area contributed by atoms with Gasteiger partial charge in [-0.2, -0.15) is 4.98 Å². The van der Waals surface area contributed by atoms with Crippen molar-refractivity contribution >= 4 is 33.6 Å². The Morgan fingerprint density at radius 2 is 2.00 bits per heavy atom. The van der Waals surface area contributed by atoms with Gasteiger partial charge in [0.05, 0.1) is 18.3 Å². The van der Waals surface area contributed by atoms with Crippen LogP contribution in [0.4, 0.5) is 11.6 Å². The number of rotatable bonds is 7. The molecule has 0 atom stereocenters. The van der Waals surface area contributed by atoms with Gasteiger partial charge in [0.15, 0.2) is 11.5 Å². The van der Waals surface area contributed by atoms with Gasteiger partial charge < -0.3 is 19.9 Å². The number of anilines is 2. The van der Waals surface area contributed by atoms with Crippen molar-refractivity contribution in [3.05, 3.63) is 83.6 Å². The van der Waals surface area contributed by atoms with E-state index in [0.717, 1.165) is 24.2 Å². The summed E-state index contributed by atoms with van der Waals surface area (Å²) in [5, 5.41) is 15.3. The highest BCUT2D eigenvalue weighted by Gasteiger charge is 2.25. The number of likely N-dealkylation sites (N-methyl/N-ethyl adjacent to an activating group) is 1. The summed E-state index contributed by atoms with van der Waals surface area (Å²) in [4.78, 5) is 29.3. The van der Waals surface area contributed by atoms with E-state index in [-0.39, 0.29) is 12.1 Å². The number of aliphatic hydroxyl groups is 1. The monoisotopic (exact) mass is 510 g/mol. The van der Waals surface area contributed by atoms with Crippen molar-refractivity contribution in [1.82, 2.24) is 33.8 Å². The lowest BCUT2D eigenvalue weighted by molar-refractivity contribution is 0.0738. The molecule has 38 heavy (non-hydrogen) atoms. The topological polar surface area (TPSA) is 106 Å². The van der Waals surface area contributed by atoms with Crippen LogP contribution < -0.4 is 10.9 Å². The van der Waals surface area contributed by atoms with E-state index < -0.39 is 5.60 Å². The molecule has 0 amide bonds. The molecule has 2 N–H and O–H groups in total. The number of allylic oxidation sites excluding steroid dienone is 1.